The lowest BCUT2D eigenvalue weighted by atomic mass is 10.1. The number of nitrogens with one attached hydrogen (secondary N) is 1. The quantitative estimate of drug-likeness (QED) is 0.932. The summed E-state index contributed by atoms with van der Waals surface area (Å²) < 4.78 is 15.3. The molecule has 3 nitrogen and oxygen atoms in total. The number of rotatable bonds is 3. The van der Waals surface area contributed by atoms with Crippen LogP contribution in [0.2, 0.25) is 5.02 Å². The maximum atomic E-state index is 13.5. The molecule has 2 aromatic rings. The van der Waals surface area contributed by atoms with Gasteiger partial charge < -0.3 is 9.88 Å². The number of imidazole rings is 1. The molecule has 0 unspecified atom stereocenters. The van der Waals surface area contributed by atoms with E-state index in [1.165, 1.54) is 6.07 Å². The van der Waals surface area contributed by atoms with Crippen LogP contribution in [0.4, 0.5) is 4.39 Å². The van der Waals surface area contributed by atoms with Gasteiger partial charge in [0.25, 0.3) is 0 Å². The summed E-state index contributed by atoms with van der Waals surface area (Å²) in [7, 11) is 0. The second-order valence-corrected chi connectivity index (χ2v) is 5.86. The van der Waals surface area contributed by atoms with Crippen molar-refractivity contribution in [3.63, 3.8) is 0 Å². The van der Waals surface area contributed by atoms with E-state index in [4.69, 9.17) is 11.6 Å². The molecule has 0 radical (unpaired) electrons. The summed E-state index contributed by atoms with van der Waals surface area (Å²) in [6.07, 6.45) is 3.44. The molecular formula is C14H17ClFN3. The molecule has 5 heteroatoms. The maximum absolute atomic E-state index is 13.5. The van der Waals surface area contributed by atoms with Crippen LogP contribution in [0.25, 0.3) is 5.69 Å². The van der Waals surface area contributed by atoms with Crippen LogP contribution >= 0.6 is 11.6 Å². The molecule has 1 N–H and O–H groups in total. The summed E-state index contributed by atoms with van der Waals surface area (Å²) in [5.41, 5.74) is 1.70. The number of benzene rings is 1. The Morgan fingerprint density at radius 2 is 2.11 bits per heavy atom. The van der Waals surface area contributed by atoms with E-state index in [1.54, 1.807) is 24.7 Å². The van der Waals surface area contributed by atoms with Crippen LogP contribution in [0.1, 0.15) is 26.5 Å². The zero-order valence-corrected chi connectivity index (χ0v) is 12.0. The highest BCUT2D eigenvalue weighted by atomic mass is 35.5. The van der Waals surface area contributed by atoms with E-state index in [1.807, 2.05) is 4.57 Å². The van der Waals surface area contributed by atoms with Crippen molar-refractivity contribution in [2.75, 3.05) is 0 Å². The van der Waals surface area contributed by atoms with Crippen LogP contribution in [-0.2, 0) is 6.54 Å². The molecule has 1 aromatic carbocycles. The van der Waals surface area contributed by atoms with Crippen LogP contribution in [0.5, 0.6) is 0 Å². The third kappa shape index (κ3) is 3.55. The molecule has 0 aliphatic rings. The number of aromatic nitrogens is 2. The van der Waals surface area contributed by atoms with Gasteiger partial charge in [-0.3, -0.25) is 0 Å². The van der Waals surface area contributed by atoms with E-state index in [0.29, 0.717) is 12.2 Å². The largest absolute Gasteiger partial charge is 0.306 e. The van der Waals surface area contributed by atoms with Gasteiger partial charge in [0, 0.05) is 24.0 Å². The van der Waals surface area contributed by atoms with E-state index in [2.05, 4.69) is 31.1 Å². The Hall–Kier alpha value is -1.39. The Balaban J connectivity index is 2.26. The van der Waals surface area contributed by atoms with Crippen molar-refractivity contribution >= 4 is 11.6 Å². The molecule has 102 valence electrons. The summed E-state index contributed by atoms with van der Waals surface area (Å²) >= 11 is 5.69. The Morgan fingerprint density at radius 1 is 1.37 bits per heavy atom. The Labute approximate surface area is 117 Å². The highest BCUT2D eigenvalue weighted by Crippen LogP contribution is 2.19. The van der Waals surface area contributed by atoms with Crippen molar-refractivity contribution in [1.82, 2.24) is 14.9 Å². The van der Waals surface area contributed by atoms with E-state index < -0.39 is 5.82 Å². The van der Waals surface area contributed by atoms with Gasteiger partial charge in [0.15, 0.2) is 0 Å². The molecule has 2 rings (SSSR count). The van der Waals surface area contributed by atoms with Crippen molar-refractivity contribution < 1.29 is 4.39 Å². The summed E-state index contributed by atoms with van der Waals surface area (Å²) in [6, 6.07) is 4.73. The van der Waals surface area contributed by atoms with Crippen LogP contribution in [0, 0.1) is 5.82 Å². The average Bonchev–Trinajstić information content (AvgIpc) is 2.77. The van der Waals surface area contributed by atoms with Crippen LogP contribution in [0.3, 0.4) is 0 Å². The van der Waals surface area contributed by atoms with Gasteiger partial charge in [-0.2, -0.15) is 0 Å². The van der Waals surface area contributed by atoms with Crippen LogP contribution in [0.15, 0.2) is 30.7 Å². The molecule has 1 heterocycles. The minimum absolute atomic E-state index is 0.0142. The first-order valence-corrected chi connectivity index (χ1v) is 6.46. The first kappa shape index (κ1) is 14.0. The molecule has 0 amide bonds. The number of halogens is 2. The van der Waals surface area contributed by atoms with Gasteiger partial charge in [-0.25, -0.2) is 9.37 Å². The number of hydrogen-bond acceptors (Lipinski definition) is 2. The van der Waals surface area contributed by atoms with Gasteiger partial charge in [0.2, 0.25) is 0 Å². The summed E-state index contributed by atoms with van der Waals surface area (Å²) in [5, 5.41) is 3.50. The predicted molar refractivity (Wildman–Crippen MR) is 75.1 cm³/mol. The predicted octanol–water partition coefficient (Wildman–Crippen LogP) is 3.55. The van der Waals surface area contributed by atoms with Crippen LogP contribution in [-0.4, -0.2) is 15.1 Å². The number of hydrogen-bond donors (Lipinski definition) is 1. The monoisotopic (exact) mass is 281 g/mol. The van der Waals surface area contributed by atoms with Crippen molar-refractivity contribution in [3.05, 3.63) is 47.3 Å². The van der Waals surface area contributed by atoms with E-state index in [-0.39, 0.29) is 10.6 Å². The van der Waals surface area contributed by atoms with E-state index in [9.17, 15) is 4.39 Å². The SMILES string of the molecule is CC(C)(C)NCc1cncn1-c1ccc(Cl)c(F)c1. The fourth-order valence-electron chi connectivity index (χ4n) is 1.68. The third-order valence-electron chi connectivity index (χ3n) is 2.70. The summed E-state index contributed by atoms with van der Waals surface area (Å²) in [5.74, 6) is -0.428. The van der Waals surface area contributed by atoms with Crippen molar-refractivity contribution in [2.45, 2.75) is 32.9 Å². The fourth-order valence-corrected chi connectivity index (χ4v) is 1.79. The van der Waals surface area contributed by atoms with E-state index >= 15 is 0 Å². The minimum atomic E-state index is -0.428. The van der Waals surface area contributed by atoms with Gasteiger partial charge in [-0.05, 0) is 39.0 Å². The molecule has 1 aromatic heterocycles. The van der Waals surface area contributed by atoms with Crippen molar-refractivity contribution in [1.29, 1.82) is 0 Å². The summed E-state index contributed by atoms with van der Waals surface area (Å²) in [4.78, 5) is 4.12. The fraction of sp³-hybridized carbons (Fsp3) is 0.357. The highest BCUT2D eigenvalue weighted by molar-refractivity contribution is 6.30. The zero-order valence-electron chi connectivity index (χ0n) is 11.2. The first-order chi connectivity index (χ1) is 8.87. The molecule has 0 spiro atoms. The van der Waals surface area contributed by atoms with Crippen molar-refractivity contribution in [2.24, 2.45) is 0 Å². The molecule has 0 aliphatic heterocycles. The second kappa shape index (κ2) is 5.31. The van der Waals surface area contributed by atoms with Gasteiger partial charge in [0.05, 0.1) is 17.0 Å². The lowest BCUT2D eigenvalue weighted by Crippen LogP contribution is -2.35. The number of nitrogens with zero attached hydrogens (tertiary/aromatic N) is 2. The lowest BCUT2D eigenvalue weighted by Gasteiger charge is -2.21. The normalized spacial score (nSPS) is 11.8. The molecule has 0 bridgehead atoms. The first-order valence-electron chi connectivity index (χ1n) is 6.08. The third-order valence-corrected chi connectivity index (χ3v) is 3.00. The average molecular weight is 282 g/mol. The summed E-state index contributed by atoms with van der Waals surface area (Å²) in [6.45, 7) is 6.94. The Kier molecular flexibility index (Phi) is 3.92. The zero-order chi connectivity index (χ0) is 14.0. The maximum Gasteiger partial charge on any atom is 0.143 e. The molecule has 0 aliphatic carbocycles. The van der Waals surface area contributed by atoms with Gasteiger partial charge in [0.1, 0.15) is 5.82 Å². The van der Waals surface area contributed by atoms with Gasteiger partial charge in [-0.15, -0.1) is 0 Å². The molecule has 19 heavy (non-hydrogen) atoms. The lowest BCUT2D eigenvalue weighted by molar-refractivity contribution is 0.419. The van der Waals surface area contributed by atoms with Crippen molar-refractivity contribution in [3.8, 4) is 5.69 Å². The van der Waals surface area contributed by atoms with Gasteiger partial charge in [-0.1, -0.05) is 11.6 Å². The molecule has 0 saturated heterocycles. The molecular weight excluding hydrogens is 265 g/mol. The van der Waals surface area contributed by atoms with E-state index in [0.717, 1.165) is 5.69 Å². The smallest absolute Gasteiger partial charge is 0.143 e. The topological polar surface area (TPSA) is 29.9 Å². The van der Waals surface area contributed by atoms with Gasteiger partial charge >= 0.3 is 0 Å². The standard InChI is InChI=1S/C14H17ClFN3/c1-14(2,3)18-8-11-7-17-9-19(11)10-4-5-12(15)13(16)6-10/h4-7,9,18H,8H2,1-3H3. The molecule has 0 saturated carbocycles. The molecule has 0 fully saturated rings. The Morgan fingerprint density at radius 3 is 2.74 bits per heavy atom. The Bertz CT molecular complexity index is 572. The molecule has 0 atom stereocenters. The van der Waals surface area contributed by atoms with Crippen LogP contribution < -0.4 is 5.32 Å². The highest BCUT2D eigenvalue weighted by Gasteiger charge is 2.12. The minimum Gasteiger partial charge on any atom is -0.306 e. The second-order valence-electron chi connectivity index (χ2n) is 5.46.